The smallest absolute Gasteiger partial charge is 0.249 e. The molecule has 7 nitrogen and oxygen atoms in total. The Morgan fingerprint density at radius 2 is 1.82 bits per heavy atom. The first-order chi connectivity index (χ1) is 13.6. The number of methoxy groups -OCH3 is 2. The van der Waals surface area contributed by atoms with Gasteiger partial charge < -0.3 is 25.0 Å². The first-order valence-electron chi connectivity index (χ1n) is 10.2. The summed E-state index contributed by atoms with van der Waals surface area (Å²) in [7, 11) is 3.17. The Bertz CT molecular complexity index is 717. The fourth-order valence-electron chi connectivity index (χ4n) is 4.81. The van der Waals surface area contributed by atoms with Crippen molar-refractivity contribution in [2.45, 2.75) is 56.7 Å². The minimum atomic E-state index is -0.478. The second kappa shape index (κ2) is 7.99. The summed E-state index contributed by atoms with van der Waals surface area (Å²) in [6.45, 7) is 0.559. The van der Waals surface area contributed by atoms with Gasteiger partial charge in [0.15, 0.2) is 0 Å². The molecule has 152 valence electrons. The molecule has 0 aromatic heterocycles. The molecule has 1 aliphatic carbocycles. The van der Waals surface area contributed by atoms with E-state index in [1.807, 2.05) is 12.1 Å². The fourth-order valence-corrected chi connectivity index (χ4v) is 4.81. The Morgan fingerprint density at radius 3 is 2.50 bits per heavy atom. The third kappa shape index (κ3) is 3.68. The molecule has 4 unspecified atom stereocenters. The van der Waals surface area contributed by atoms with Crippen molar-refractivity contribution in [1.29, 1.82) is 0 Å². The number of hydrogen-bond donors (Lipinski definition) is 2. The van der Waals surface area contributed by atoms with Crippen molar-refractivity contribution in [3.05, 3.63) is 18.2 Å². The second-order valence-corrected chi connectivity index (χ2v) is 8.02. The molecular weight excluding hydrogens is 358 g/mol. The van der Waals surface area contributed by atoms with Gasteiger partial charge in [0, 0.05) is 30.8 Å². The van der Waals surface area contributed by atoms with Crippen LogP contribution in [-0.4, -0.2) is 50.7 Å². The Hall–Kier alpha value is -2.28. The summed E-state index contributed by atoms with van der Waals surface area (Å²) >= 11 is 0. The van der Waals surface area contributed by atoms with E-state index in [9.17, 15) is 9.59 Å². The van der Waals surface area contributed by atoms with Gasteiger partial charge in [-0.15, -0.1) is 0 Å². The molecule has 0 spiro atoms. The quantitative estimate of drug-likeness (QED) is 0.806. The van der Waals surface area contributed by atoms with Gasteiger partial charge in [0.25, 0.3) is 0 Å². The number of amides is 2. The van der Waals surface area contributed by atoms with E-state index in [4.69, 9.17) is 9.47 Å². The van der Waals surface area contributed by atoms with Crippen molar-refractivity contribution in [3.8, 4) is 11.5 Å². The molecule has 1 aromatic carbocycles. The van der Waals surface area contributed by atoms with E-state index in [2.05, 4.69) is 10.6 Å². The zero-order chi connectivity index (χ0) is 19.7. The summed E-state index contributed by atoms with van der Waals surface area (Å²) < 4.78 is 10.6. The van der Waals surface area contributed by atoms with E-state index < -0.39 is 6.04 Å². The first-order valence-corrected chi connectivity index (χ1v) is 10.2. The summed E-state index contributed by atoms with van der Waals surface area (Å²) in [6.07, 6.45) is 6.34. The molecular formula is C21H29N3O4. The minimum Gasteiger partial charge on any atom is -0.497 e. The number of rotatable bonds is 5. The van der Waals surface area contributed by atoms with Gasteiger partial charge in [0.1, 0.15) is 17.5 Å². The molecule has 2 aliphatic heterocycles. The SMILES string of the molecule is COc1cc(OC)cc(N2CCC(NC(=O)C3CC4CCCCC4N3)C2=O)c1. The van der Waals surface area contributed by atoms with E-state index in [0.29, 0.717) is 36.4 Å². The molecule has 0 radical (unpaired) electrons. The molecule has 3 aliphatic rings. The summed E-state index contributed by atoms with van der Waals surface area (Å²) in [6, 6.07) is 5.21. The Morgan fingerprint density at radius 1 is 1.11 bits per heavy atom. The maximum Gasteiger partial charge on any atom is 0.249 e. The van der Waals surface area contributed by atoms with Crippen molar-refractivity contribution < 1.29 is 19.1 Å². The highest BCUT2D eigenvalue weighted by atomic mass is 16.5. The van der Waals surface area contributed by atoms with Crippen LogP contribution in [0, 0.1) is 5.92 Å². The number of carbonyl (C=O) groups is 2. The van der Waals surface area contributed by atoms with Gasteiger partial charge in [-0.1, -0.05) is 12.8 Å². The van der Waals surface area contributed by atoms with Crippen LogP contribution in [-0.2, 0) is 9.59 Å². The highest BCUT2D eigenvalue weighted by molar-refractivity contribution is 6.02. The molecule has 28 heavy (non-hydrogen) atoms. The number of hydrogen-bond acceptors (Lipinski definition) is 5. The standard InChI is InChI=1S/C21H29N3O4/c1-27-15-10-14(11-16(12-15)28-2)24-8-7-18(21(24)26)23-20(25)19-9-13-5-3-4-6-17(13)22-19/h10-13,17-19,22H,3-9H2,1-2H3,(H,23,25). The molecule has 3 fully saturated rings. The van der Waals surface area contributed by atoms with Crippen LogP contribution in [0.15, 0.2) is 18.2 Å². The van der Waals surface area contributed by atoms with Crippen molar-refractivity contribution in [2.24, 2.45) is 5.92 Å². The molecule has 2 heterocycles. The van der Waals surface area contributed by atoms with Crippen LogP contribution < -0.4 is 25.0 Å². The number of ether oxygens (including phenoxy) is 2. The van der Waals surface area contributed by atoms with Gasteiger partial charge in [-0.05, 0) is 31.6 Å². The molecule has 7 heteroatoms. The molecule has 1 aromatic rings. The Labute approximate surface area is 165 Å². The number of benzene rings is 1. The molecule has 0 bridgehead atoms. The predicted molar refractivity (Wildman–Crippen MR) is 106 cm³/mol. The van der Waals surface area contributed by atoms with Gasteiger partial charge in [-0.3, -0.25) is 9.59 Å². The zero-order valence-corrected chi connectivity index (χ0v) is 16.6. The van der Waals surface area contributed by atoms with E-state index in [1.165, 1.54) is 19.3 Å². The van der Waals surface area contributed by atoms with Crippen molar-refractivity contribution >= 4 is 17.5 Å². The fraction of sp³-hybridized carbons (Fsp3) is 0.619. The molecule has 4 atom stereocenters. The van der Waals surface area contributed by atoms with Crippen LogP contribution in [0.3, 0.4) is 0 Å². The normalized spacial score (nSPS) is 29.5. The molecule has 4 rings (SSSR count). The first kappa shape index (κ1) is 19.1. The van der Waals surface area contributed by atoms with Crippen LogP contribution in [0.4, 0.5) is 5.69 Å². The predicted octanol–water partition coefficient (Wildman–Crippen LogP) is 1.85. The number of carbonyl (C=O) groups excluding carboxylic acids is 2. The number of fused-ring (bicyclic) bond motifs is 1. The van der Waals surface area contributed by atoms with Gasteiger partial charge in [-0.25, -0.2) is 0 Å². The van der Waals surface area contributed by atoms with Crippen LogP contribution >= 0.6 is 0 Å². The summed E-state index contributed by atoms with van der Waals surface area (Å²) in [5, 5.41) is 6.47. The molecule has 1 saturated carbocycles. The van der Waals surface area contributed by atoms with Crippen LogP contribution in [0.25, 0.3) is 0 Å². The van der Waals surface area contributed by atoms with E-state index in [0.717, 1.165) is 18.5 Å². The lowest BCUT2D eigenvalue weighted by Gasteiger charge is -2.24. The lowest BCUT2D eigenvalue weighted by Crippen LogP contribution is -2.49. The van der Waals surface area contributed by atoms with Crippen molar-refractivity contribution in [2.75, 3.05) is 25.7 Å². The topological polar surface area (TPSA) is 79.9 Å². The third-order valence-corrected chi connectivity index (χ3v) is 6.35. The summed E-state index contributed by atoms with van der Waals surface area (Å²) in [4.78, 5) is 27.4. The van der Waals surface area contributed by atoms with Gasteiger partial charge in [0.05, 0.1) is 25.9 Å². The van der Waals surface area contributed by atoms with Crippen LogP contribution in [0.5, 0.6) is 11.5 Å². The lowest BCUT2D eigenvalue weighted by molar-refractivity contribution is -0.127. The number of anilines is 1. The largest absolute Gasteiger partial charge is 0.497 e. The summed E-state index contributed by atoms with van der Waals surface area (Å²) in [5.74, 6) is 1.74. The van der Waals surface area contributed by atoms with Gasteiger partial charge in [-0.2, -0.15) is 0 Å². The van der Waals surface area contributed by atoms with E-state index in [-0.39, 0.29) is 17.9 Å². The maximum atomic E-state index is 12.9. The van der Waals surface area contributed by atoms with Crippen LogP contribution in [0.2, 0.25) is 0 Å². The molecule has 2 saturated heterocycles. The lowest BCUT2D eigenvalue weighted by atomic mass is 9.85. The molecule has 2 N–H and O–H groups in total. The minimum absolute atomic E-state index is 0.0437. The maximum absolute atomic E-state index is 12.9. The molecule has 2 amide bonds. The zero-order valence-electron chi connectivity index (χ0n) is 16.6. The van der Waals surface area contributed by atoms with Crippen molar-refractivity contribution in [3.63, 3.8) is 0 Å². The van der Waals surface area contributed by atoms with Gasteiger partial charge >= 0.3 is 0 Å². The summed E-state index contributed by atoms with van der Waals surface area (Å²) in [5.41, 5.74) is 0.725. The second-order valence-electron chi connectivity index (χ2n) is 8.02. The monoisotopic (exact) mass is 387 g/mol. The Balaban J connectivity index is 1.40. The number of nitrogens with one attached hydrogen (secondary N) is 2. The highest BCUT2D eigenvalue weighted by Crippen LogP contribution is 2.34. The van der Waals surface area contributed by atoms with E-state index >= 15 is 0 Å². The van der Waals surface area contributed by atoms with Crippen molar-refractivity contribution in [1.82, 2.24) is 10.6 Å². The average Bonchev–Trinajstić information content (AvgIpc) is 3.31. The third-order valence-electron chi connectivity index (χ3n) is 6.35. The van der Waals surface area contributed by atoms with Gasteiger partial charge in [0.2, 0.25) is 11.8 Å². The Kier molecular flexibility index (Phi) is 5.44. The number of nitrogens with zero attached hydrogens (tertiary/aromatic N) is 1. The highest BCUT2D eigenvalue weighted by Gasteiger charge is 2.40. The van der Waals surface area contributed by atoms with E-state index in [1.54, 1.807) is 25.2 Å². The van der Waals surface area contributed by atoms with Crippen LogP contribution in [0.1, 0.15) is 38.5 Å². The average molecular weight is 387 g/mol.